The Bertz CT molecular complexity index is 491. The highest BCUT2D eigenvalue weighted by atomic mass is 32.2. The zero-order valence-corrected chi connectivity index (χ0v) is 12.7. The quantitative estimate of drug-likeness (QED) is 0.629. The molecule has 0 aliphatic heterocycles. The van der Waals surface area contributed by atoms with E-state index in [-0.39, 0.29) is 11.4 Å². The number of pyridine rings is 1. The van der Waals surface area contributed by atoms with Crippen molar-refractivity contribution in [3.05, 3.63) is 24.0 Å². The van der Waals surface area contributed by atoms with E-state index in [9.17, 15) is 8.42 Å². The van der Waals surface area contributed by atoms with E-state index in [1.807, 2.05) is 0 Å². The normalized spacial score (nSPS) is 11.7. The lowest BCUT2D eigenvalue weighted by molar-refractivity contribution is 0.130. The third-order valence-electron chi connectivity index (χ3n) is 2.73. The minimum Gasteiger partial charge on any atom is -0.381 e. The molecule has 0 bridgehead atoms. The fourth-order valence-corrected chi connectivity index (χ4v) is 2.90. The molecular formula is C13H23N3O3S. The van der Waals surface area contributed by atoms with Gasteiger partial charge in [0.15, 0.2) is 0 Å². The highest BCUT2D eigenvalue weighted by Crippen LogP contribution is 2.11. The molecule has 7 heteroatoms. The molecule has 0 unspecified atom stereocenters. The lowest BCUT2D eigenvalue weighted by Gasteiger charge is -2.09. The summed E-state index contributed by atoms with van der Waals surface area (Å²) in [4.78, 5) is 4.12. The first kappa shape index (κ1) is 17.0. The van der Waals surface area contributed by atoms with Crippen LogP contribution in [0, 0.1) is 0 Å². The van der Waals surface area contributed by atoms with Crippen molar-refractivity contribution in [2.24, 2.45) is 5.73 Å². The number of unbranched alkanes of at least 4 members (excludes halogenated alkanes) is 1. The molecule has 0 fully saturated rings. The van der Waals surface area contributed by atoms with Crippen LogP contribution in [-0.4, -0.2) is 33.2 Å². The van der Waals surface area contributed by atoms with Crippen molar-refractivity contribution in [3.63, 3.8) is 0 Å². The average molecular weight is 301 g/mol. The molecule has 0 spiro atoms. The number of nitrogens with two attached hydrogens (primary N) is 1. The Morgan fingerprint density at radius 1 is 1.35 bits per heavy atom. The third-order valence-corrected chi connectivity index (χ3v) is 4.27. The van der Waals surface area contributed by atoms with Crippen LogP contribution in [0.2, 0.25) is 0 Å². The molecule has 3 N–H and O–H groups in total. The van der Waals surface area contributed by atoms with Crippen LogP contribution >= 0.6 is 0 Å². The minimum absolute atomic E-state index is 0.0945. The predicted molar refractivity (Wildman–Crippen MR) is 77.7 cm³/mol. The summed E-state index contributed by atoms with van der Waals surface area (Å²) in [5.41, 5.74) is 5.87. The molecule has 0 amide bonds. The summed E-state index contributed by atoms with van der Waals surface area (Å²) in [5, 5.41) is 0. The van der Waals surface area contributed by atoms with E-state index in [1.54, 1.807) is 6.07 Å². The molecule has 1 aromatic heterocycles. The molecule has 0 atom stereocenters. The van der Waals surface area contributed by atoms with E-state index in [0.29, 0.717) is 25.3 Å². The van der Waals surface area contributed by atoms with Gasteiger partial charge >= 0.3 is 0 Å². The zero-order valence-electron chi connectivity index (χ0n) is 11.8. The molecule has 114 valence electrons. The van der Waals surface area contributed by atoms with Gasteiger partial charge < -0.3 is 10.5 Å². The Kier molecular flexibility index (Phi) is 7.68. The number of nitrogens with one attached hydrogen (secondary N) is 1. The van der Waals surface area contributed by atoms with Crippen LogP contribution in [0.5, 0.6) is 0 Å². The first-order valence-electron chi connectivity index (χ1n) is 6.83. The average Bonchev–Trinajstić information content (AvgIpc) is 2.46. The monoisotopic (exact) mass is 301 g/mol. The summed E-state index contributed by atoms with van der Waals surface area (Å²) in [7, 11) is -3.55. The smallest absolute Gasteiger partial charge is 0.242 e. The Hall–Kier alpha value is -1.02. The second-order valence-electron chi connectivity index (χ2n) is 4.37. The van der Waals surface area contributed by atoms with E-state index < -0.39 is 10.0 Å². The van der Waals surface area contributed by atoms with Crippen LogP contribution in [0.3, 0.4) is 0 Å². The molecule has 0 aliphatic rings. The second-order valence-corrected chi connectivity index (χ2v) is 6.10. The van der Waals surface area contributed by atoms with E-state index in [1.165, 1.54) is 12.3 Å². The van der Waals surface area contributed by atoms with Gasteiger partial charge in [-0.3, -0.25) is 4.98 Å². The zero-order chi connectivity index (χ0) is 14.8. The number of aromatic nitrogens is 1. The predicted octanol–water partition coefficient (Wildman–Crippen LogP) is 1.03. The van der Waals surface area contributed by atoms with Crippen LogP contribution in [0.15, 0.2) is 23.2 Å². The van der Waals surface area contributed by atoms with Gasteiger partial charge in [-0.1, -0.05) is 13.3 Å². The summed E-state index contributed by atoms with van der Waals surface area (Å²) in [6.45, 7) is 3.81. The number of nitrogens with zero attached hydrogens (tertiary/aromatic N) is 1. The second kappa shape index (κ2) is 9.02. The minimum atomic E-state index is -3.55. The van der Waals surface area contributed by atoms with Gasteiger partial charge in [0.2, 0.25) is 10.0 Å². The third kappa shape index (κ3) is 5.54. The van der Waals surface area contributed by atoms with Gasteiger partial charge in [0, 0.05) is 32.5 Å². The Labute approximate surface area is 120 Å². The lowest BCUT2D eigenvalue weighted by atomic mass is 10.3. The van der Waals surface area contributed by atoms with E-state index in [2.05, 4.69) is 16.6 Å². The Morgan fingerprint density at radius 3 is 2.80 bits per heavy atom. The maximum Gasteiger partial charge on any atom is 0.242 e. The van der Waals surface area contributed by atoms with Crippen LogP contribution in [0.1, 0.15) is 31.9 Å². The first-order chi connectivity index (χ1) is 9.61. The summed E-state index contributed by atoms with van der Waals surface area (Å²) >= 11 is 0. The summed E-state index contributed by atoms with van der Waals surface area (Å²) in [6, 6.07) is 3.09. The van der Waals surface area contributed by atoms with Crippen LogP contribution in [-0.2, 0) is 21.3 Å². The van der Waals surface area contributed by atoms with Crippen LogP contribution in [0.4, 0.5) is 0 Å². The number of ether oxygens (including phenoxy) is 1. The van der Waals surface area contributed by atoms with Gasteiger partial charge in [0.25, 0.3) is 0 Å². The van der Waals surface area contributed by atoms with Crippen LogP contribution in [0.25, 0.3) is 0 Å². The molecular weight excluding hydrogens is 278 g/mol. The number of hydrogen-bond donors (Lipinski definition) is 2. The lowest BCUT2D eigenvalue weighted by Crippen LogP contribution is -2.27. The highest BCUT2D eigenvalue weighted by molar-refractivity contribution is 7.89. The topological polar surface area (TPSA) is 94.3 Å². The summed E-state index contributed by atoms with van der Waals surface area (Å²) in [6.07, 6.45) is 4.29. The molecule has 0 saturated heterocycles. The molecule has 20 heavy (non-hydrogen) atoms. The highest BCUT2D eigenvalue weighted by Gasteiger charge is 2.17. The maximum atomic E-state index is 12.1. The molecule has 0 radical (unpaired) electrons. The fraction of sp³-hybridized carbons (Fsp3) is 0.615. The van der Waals surface area contributed by atoms with Gasteiger partial charge in [-0.15, -0.1) is 0 Å². The van der Waals surface area contributed by atoms with Crippen LogP contribution < -0.4 is 10.5 Å². The largest absolute Gasteiger partial charge is 0.381 e. The number of hydrogen-bond acceptors (Lipinski definition) is 5. The summed E-state index contributed by atoms with van der Waals surface area (Å²) in [5.74, 6) is 0. The van der Waals surface area contributed by atoms with Crippen molar-refractivity contribution < 1.29 is 13.2 Å². The Morgan fingerprint density at radius 2 is 2.10 bits per heavy atom. The Balaban J connectivity index is 2.42. The van der Waals surface area contributed by atoms with E-state index in [0.717, 1.165) is 19.4 Å². The number of rotatable bonds is 10. The molecule has 1 aromatic rings. The van der Waals surface area contributed by atoms with Gasteiger partial charge in [-0.2, -0.15) is 0 Å². The van der Waals surface area contributed by atoms with Gasteiger partial charge in [-0.25, -0.2) is 13.1 Å². The van der Waals surface area contributed by atoms with Crippen molar-refractivity contribution in [1.82, 2.24) is 9.71 Å². The van der Waals surface area contributed by atoms with Gasteiger partial charge in [-0.05, 0) is 25.0 Å². The standard InChI is InChI=1S/C13H23N3O3S/c1-2-3-9-19-10-5-8-16-20(17,18)13-6-4-7-15-12(13)11-14/h4,6-7,16H,2-3,5,8-11,14H2,1H3. The van der Waals surface area contributed by atoms with E-state index in [4.69, 9.17) is 10.5 Å². The number of sulfonamides is 1. The molecule has 6 nitrogen and oxygen atoms in total. The van der Waals surface area contributed by atoms with Crippen molar-refractivity contribution in [2.75, 3.05) is 19.8 Å². The van der Waals surface area contributed by atoms with Crippen molar-refractivity contribution in [1.29, 1.82) is 0 Å². The van der Waals surface area contributed by atoms with Gasteiger partial charge in [0.1, 0.15) is 4.90 Å². The molecule has 1 rings (SSSR count). The van der Waals surface area contributed by atoms with Crippen molar-refractivity contribution >= 4 is 10.0 Å². The molecule has 0 saturated carbocycles. The molecule has 0 aliphatic carbocycles. The fourth-order valence-electron chi connectivity index (χ4n) is 1.63. The first-order valence-corrected chi connectivity index (χ1v) is 8.31. The molecule has 1 heterocycles. The van der Waals surface area contributed by atoms with Gasteiger partial charge in [0.05, 0.1) is 5.69 Å². The summed E-state index contributed by atoms with van der Waals surface area (Å²) < 4.78 is 32.1. The SMILES string of the molecule is CCCCOCCCNS(=O)(=O)c1cccnc1CN. The van der Waals surface area contributed by atoms with Crippen molar-refractivity contribution in [2.45, 2.75) is 37.6 Å². The van der Waals surface area contributed by atoms with Crippen molar-refractivity contribution in [3.8, 4) is 0 Å². The van der Waals surface area contributed by atoms with E-state index >= 15 is 0 Å². The molecule has 0 aromatic carbocycles. The maximum absolute atomic E-state index is 12.1.